The van der Waals surface area contributed by atoms with E-state index in [1.807, 2.05) is 11.8 Å². The molecule has 0 saturated carbocycles. The Labute approximate surface area is 114 Å². The molecule has 100 valence electrons. The van der Waals surface area contributed by atoms with Gasteiger partial charge >= 0.3 is 0 Å². The van der Waals surface area contributed by atoms with Crippen molar-refractivity contribution in [2.24, 2.45) is 11.8 Å². The summed E-state index contributed by atoms with van der Waals surface area (Å²) in [6.45, 7) is 8.26. The van der Waals surface area contributed by atoms with Gasteiger partial charge in [0.05, 0.1) is 0 Å². The summed E-state index contributed by atoms with van der Waals surface area (Å²) in [4.78, 5) is 14.4. The van der Waals surface area contributed by atoms with Crippen LogP contribution in [0.15, 0.2) is 0 Å². The second kappa shape index (κ2) is 6.86. The number of thioether (sulfide) groups is 1. The fourth-order valence-corrected chi connectivity index (χ4v) is 3.50. The largest absolute Gasteiger partial charge is 0.341 e. The van der Waals surface area contributed by atoms with Crippen LogP contribution in [0, 0.1) is 11.8 Å². The van der Waals surface area contributed by atoms with Crippen molar-refractivity contribution in [3.05, 3.63) is 0 Å². The minimum atomic E-state index is 0. The third-order valence-corrected chi connectivity index (χ3v) is 5.19. The summed E-state index contributed by atoms with van der Waals surface area (Å²) in [7, 11) is 0. The van der Waals surface area contributed by atoms with Crippen LogP contribution < -0.4 is 5.32 Å². The first-order valence-electron chi connectivity index (χ1n) is 6.33. The number of halogens is 1. The lowest BCUT2D eigenvalue weighted by atomic mass is 9.88. The molecule has 0 aromatic heterocycles. The van der Waals surface area contributed by atoms with E-state index in [0.29, 0.717) is 17.1 Å². The molecule has 5 heteroatoms. The third-order valence-electron chi connectivity index (χ3n) is 3.82. The highest BCUT2D eigenvalue weighted by atomic mass is 35.5. The summed E-state index contributed by atoms with van der Waals surface area (Å²) in [6.07, 6.45) is 1.17. The molecule has 0 aromatic rings. The minimum absolute atomic E-state index is 0. The molecule has 0 aromatic carbocycles. The van der Waals surface area contributed by atoms with Gasteiger partial charge in [0.15, 0.2) is 0 Å². The minimum Gasteiger partial charge on any atom is -0.341 e. The van der Waals surface area contributed by atoms with Crippen molar-refractivity contribution in [2.75, 3.05) is 31.9 Å². The number of amides is 1. The molecule has 0 bridgehead atoms. The number of nitrogens with zero attached hydrogens (tertiary/aromatic N) is 1. The van der Waals surface area contributed by atoms with E-state index in [0.717, 1.165) is 31.9 Å². The van der Waals surface area contributed by atoms with Gasteiger partial charge in [-0.05, 0) is 25.4 Å². The molecule has 2 fully saturated rings. The van der Waals surface area contributed by atoms with Crippen molar-refractivity contribution >= 4 is 30.1 Å². The smallest absolute Gasteiger partial charge is 0.225 e. The Kier molecular flexibility index (Phi) is 6.10. The average molecular weight is 279 g/mol. The molecule has 2 heterocycles. The maximum atomic E-state index is 12.3. The van der Waals surface area contributed by atoms with E-state index in [1.165, 1.54) is 6.42 Å². The van der Waals surface area contributed by atoms with Crippen LogP contribution in [0.2, 0.25) is 0 Å². The Morgan fingerprint density at radius 1 is 1.53 bits per heavy atom. The van der Waals surface area contributed by atoms with Crippen LogP contribution in [0.1, 0.15) is 20.3 Å². The fraction of sp³-hybridized carbons (Fsp3) is 0.917. The SMILES string of the molecule is CCC1CN(C(=O)C(C)C2CNC2)CCS1.Cl. The van der Waals surface area contributed by atoms with Crippen molar-refractivity contribution in [2.45, 2.75) is 25.5 Å². The Bertz CT molecular complexity index is 261. The van der Waals surface area contributed by atoms with Crippen molar-refractivity contribution in [1.29, 1.82) is 0 Å². The lowest BCUT2D eigenvalue weighted by Crippen LogP contribution is -2.52. The molecule has 2 atom stereocenters. The standard InChI is InChI=1S/C12H22N2OS.ClH/c1-3-11-8-14(4-5-16-11)12(15)9(2)10-6-13-7-10;/h9-11,13H,3-8H2,1-2H3;1H. The van der Waals surface area contributed by atoms with Gasteiger partial charge in [-0.25, -0.2) is 0 Å². The summed E-state index contributed by atoms with van der Waals surface area (Å²) >= 11 is 2.02. The van der Waals surface area contributed by atoms with Crippen molar-refractivity contribution in [1.82, 2.24) is 10.2 Å². The molecule has 17 heavy (non-hydrogen) atoms. The molecule has 2 saturated heterocycles. The summed E-state index contributed by atoms with van der Waals surface area (Å²) in [5.74, 6) is 2.27. The van der Waals surface area contributed by atoms with Crippen LogP contribution in [0.4, 0.5) is 0 Å². The Hall–Kier alpha value is 0.0700. The van der Waals surface area contributed by atoms with E-state index in [4.69, 9.17) is 0 Å². The summed E-state index contributed by atoms with van der Waals surface area (Å²) in [6, 6.07) is 0. The molecule has 2 aliphatic heterocycles. The molecule has 3 nitrogen and oxygen atoms in total. The molecule has 2 unspecified atom stereocenters. The molecule has 1 amide bonds. The average Bonchev–Trinajstić information content (AvgIpc) is 2.25. The lowest BCUT2D eigenvalue weighted by Gasteiger charge is -2.38. The van der Waals surface area contributed by atoms with Crippen LogP contribution in [0.3, 0.4) is 0 Å². The fourth-order valence-electron chi connectivity index (χ4n) is 2.32. The van der Waals surface area contributed by atoms with Gasteiger partial charge in [-0.3, -0.25) is 4.79 Å². The highest BCUT2D eigenvalue weighted by Gasteiger charge is 2.33. The van der Waals surface area contributed by atoms with Gasteiger partial charge < -0.3 is 10.2 Å². The molecular formula is C12H23ClN2OS. The van der Waals surface area contributed by atoms with Crippen LogP contribution in [0.5, 0.6) is 0 Å². The van der Waals surface area contributed by atoms with Gasteiger partial charge in [-0.15, -0.1) is 12.4 Å². The highest BCUT2D eigenvalue weighted by Crippen LogP contribution is 2.24. The molecule has 2 rings (SSSR count). The van der Waals surface area contributed by atoms with Gasteiger partial charge in [0.25, 0.3) is 0 Å². The van der Waals surface area contributed by atoms with Crippen LogP contribution in [-0.4, -0.2) is 48.0 Å². The first-order chi connectivity index (χ1) is 7.72. The Morgan fingerprint density at radius 3 is 2.76 bits per heavy atom. The van der Waals surface area contributed by atoms with Gasteiger partial charge in [0.2, 0.25) is 5.91 Å². The maximum Gasteiger partial charge on any atom is 0.225 e. The van der Waals surface area contributed by atoms with Gasteiger partial charge in [0.1, 0.15) is 0 Å². The zero-order chi connectivity index (χ0) is 11.5. The number of nitrogens with one attached hydrogen (secondary N) is 1. The first-order valence-corrected chi connectivity index (χ1v) is 7.38. The molecule has 0 aliphatic carbocycles. The second-order valence-electron chi connectivity index (χ2n) is 4.89. The van der Waals surface area contributed by atoms with Gasteiger partial charge in [-0.1, -0.05) is 13.8 Å². The normalized spacial score (nSPS) is 26.9. The third kappa shape index (κ3) is 3.52. The van der Waals surface area contributed by atoms with E-state index in [-0.39, 0.29) is 18.3 Å². The Balaban J connectivity index is 0.00000144. The van der Waals surface area contributed by atoms with Crippen LogP contribution >= 0.6 is 24.2 Å². The molecule has 0 radical (unpaired) electrons. The van der Waals surface area contributed by atoms with E-state index in [1.54, 1.807) is 0 Å². The van der Waals surface area contributed by atoms with Crippen molar-refractivity contribution < 1.29 is 4.79 Å². The predicted molar refractivity (Wildman–Crippen MR) is 75.9 cm³/mol. The monoisotopic (exact) mass is 278 g/mol. The number of hydrogen-bond donors (Lipinski definition) is 1. The number of hydrogen-bond acceptors (Lipinski definition) is 3. The zero-order valence-electron chi connectivity index (χ0n) is 10.6. The molecule has 2 aliphatic rings. The lowest BCUT2D eigenvalue weighted by molar-refractivity contribution is -0.137. The van der Waals surface area contributed by atoms with E-state index in [2.05, 4.69) is 24.1 Å². The topological polar surface area (TPSA) is 32.3 Å². The zero-order valence-corrected chi connectivity index (χ0v) is 12.3. The maximum absolute atomic E-state index is 12.3. The first kappa shape index (κ1) is 15.1. The summed E-state index contributed by atoms with van der Waals surface area (Å²) in [5.41, 5.74) is 0. The summed E-state index contributed by atoms with van der Waals surface area (Å²) < 4.78 is 0. The van der Waals surface area contributed by atoms with Crippen LogP contribution in [-0.2, 0) is 4.79 Å². The Morgan fingerprint density at radius 2 is 2.24 bits per heavy atom. The van der Waals surface area contributed by atoms with E-state index >= 15 is 0 Å². The highest BCUT2D eigenvalue weighted by molar-refractivity contribution is 8.00. The molecular weight excluding hydrogens is 256 g/mol. The van der Waals surface area contributed by atoms with Gasteiger partial charge in [-0.2, -0.15) is 11.8 Å². The quantitative estimate of drug-likeness (QED) is 0.851. The van der Waals surface area contributed by atoms with Crippen LogP contribution in [0.25, 0.3) is 0 Å². The van der Waals surface area contributed by atoms with Gasteiger partial charge in [0, 0.05) is 30.0 Å². The second-order valence-corrected chi connectivity index (χ2v) is 6.30. The number of carbonyl (C=O) groups excluding carboxylic acids is 1. The van der Waals surface area contributed by atoms with Crippen molar-refractivity contribution in [3.8, 4) is 0 Å². The predicted octanol–water partition coefficient (Wildman–Crippen LogP) is 1.62. The van der Waals surface area contributed by atoms with Crippen molar-refractivity contribution in [3.63, 3.8) is 0 Å². The number of carbonyl (C=O) groups is 1. The summed E-state index contributed by atoms with van der Waals surface area (Å²) in [5, 5.41) is 3.90. The molecule has 0 spiro atoms. The van der Waals surface area contributed by atoms with E-state index in [9.17, 15) is 4.79 Å². The number of rotatable bonds is 3. The molecule has 1 N–H and O–H groups in total. The van der Waals surface area contributed by atoms with E-state index < -0.39 is 0 Å².